The zero-order chi connectivity index (χ0) is 12.8. The molecule has 0 aliphatic heterocycles. The monoisotopic (exact) mass is 249 g/mol. The van der Waals surface area contributed by atoms with E-state index in [0.29, 0.717) is 0 Å². The molecule has 1 aliphatic carbocycles. The summed E-state index contributed by atoms with van der Waals surface area (Å²) in [5.41, 5.74) is 0.857. The van der Waals surface area contributed by atoms with E-state index in [1.807, 2.05) is 19.4 Å². The van der Waals surface area contributed by atoms with Crippen LogP contribution in [0.25, 0.3) is 0 Å². The lowest BCUT2D eigenvalue weighted by atomic mass is 9.93. The molecule has 1 aromatic heterocycles. The van der Waals surface area contributed by atoms with E-state index in [2.05, 4.69) is 15.3 Å². The quantitative estimate of drug-likeness (QED) is 0.832. The van der Waals surface area contributed by atoms with Crippen molar-refractivity contribution < 1.29 is 4.74 Å². The van der Waals surface area contributed by atoms with Crippen LogP contribution in [0.5, 0.6) is 0 Å². The van der Waals surface area contributed by atoms with Crippen LogP contribution in [0.15, 0.2) is 12.4 Å². The zero-order valence-electron chi connectivity index (χ0n) is 11.4. The predicted octanol–water partition coefficient (Wildman–Crippen LogP) is 2.39. The molecule has 1 N–H and O–H groups in total. The number of aromatic nitrogens is 2. The van der Waals surface area contributed by atoms with Gasteiger partial charge in [0.1, 0.15) is 5.60 Å². The number of nitrogens with zero attached hydrogens (tertiary/aromatic N) is 2. The Labute approximate surface area is 109 Å². The SMILES string of the molecule is CNCc1cnc(C2(OC)CCCCCC2)nc1. The highest BCUT2D eigenvalue weighted by Gasteiger charge is 2.35. The van der Waals surface area contributed by atoms with Gasteiger partial charge >= 0.3 is 0 Å². The molecule has 1 heterocycles. The zero-order valence-corrected chi connectivity index (χ0v) is 11.4. The third kappa shape index (κ3) is 2.87. The average molecular weight is 249 g/mol. The highest BCUT2D eigenvalue weighted by molar-refractivity contribution is 5.10. The largest absolute Gasteiger partial charge is 0.370 e. The summed E-state index contributed by atoms with van der Waals surface area (Å²) in [6.45, 7) is 0.806. The fourth-order valence-electron chi connectivity index (χ4n) is 2.70. The second kappa shape index (κ2) is 6.25. The van der Waals surface area contributed by atoms with Crippen molar-refractivity contribution in [2.75, 3.05) is 14.2 Å². The Bertz CT molecular complexity index is 356. The van der Waals surface area contributed by atoms with E-state index in [0.717, 1.165) is 30.8 Å². The fourth-order valence-corrected chi connectivity index (χ4v) is 2.70. The van der Waals surface area contributed by atoms with E-state index < -0.39 is 0 Å². The van der Waals surface area contributed by atoms with Crippen LogP contribution in [0.4, 0.5) is 0 Å². The van der Waals surface area contributed by atoms with Crippen molar-refractivity contribution >= 4 is 0 Å². The normalized spacial score (nSPS) is 19.4. The Hall–Kier alpha value is -1.00. The summed E-state index contributed by atoms with van der Waals surface area (Å²) in [7, 11) is 3.71. The van der Waals surface area contributed by atoms with Crippen LogP contribution < -0.4 is 5.32 Å². The summed E-state index contributed by atoms with van der Waals surface area (Å²) in [6, 6.07) is 0. The van der Waals surface area contributed by atoms with Gasteiger partial charge in [0.25, 0.3) is 0 Å². The van der Waals surface area contributed by atoms with Gasteiger partial charge in [-0.3, -0.25) is 0 Å². The second-order valence-corrected chi connectivity index (χ2v) is 5.06. The first-order valence-corrected chi connectivity index (χ1v) is 6.82. The topological polar surface area (TPSA) is 47.0 Å². The van der Waals surface area contributed by atoms with Crippen LogP contribution in [-0.2, 0) is 16.9 Å². The molecule has 0 unspecified atom stereocenters. The van der Waals surface area contributed by atoms with E-state index in [9.17, 15) is 0 Å². The molecule has 18 heavy (non-hydrogen) atoms. The number of ether oxygens (including phenoxy) is 1. The van der Waals surface area contributed by atoms with Gasteiger partial charge in [-0.2, -0.15) is 0 Å². The molecule has 0 atom stereocenters. The molecule has 4 heteroatoms. The van der Waals surface area contributed by atoms with Crippen LogP contribution >= 0.6 is 0 Å². The first kappa shape index (κ1) is 13.4. The summed E-state index contributed by atoms with van der Waals surface area (Å²) in [5.74, 6) is 0.853. The molecule has 1 fully saturated rings. The molecule has 0 spiro atoms. The molecule has 0 bridgehead atoms. The van der Waals surface area contributed by atoms with Gasteiger partial charge in [0.05, 0.1) is 0 Å². The van der Waals surface area contributed by atoms with E-state index in [-0.39, 0.29) is 5.60 Å². The van der Waals surface area contributed by atoms with Crippen molar-refractivity contribution in [3.8, 4) is 0 Å². The minimum absolute atomic E-state index is 0.255. The Balaban J connectivity index is 2.20. The maximum atomic E-state index is 5.80. The van der Waals surface area contributed by atoms with E-state index in [4.69, 9.17) is 4.74 Å². The van der Waals surface area contributed by atoms with Crippen LogP contribution in [0.1, 0.15) is 49.9 Å². The van der Waals surface area contributed by atoms with Crippen molar-refractivity contribution in [3.05, 3.63) is 23.8 Å². The molecule has 4 nitrogen and oxygen atoms in total. The van der Waals surface area contributed by atoms with Gasteiger partial charge in [-0.15, -0.1) is 0 Å². The highest BCUT2D eigenvalue weighted by Crippen LogP contribution is 2.36. The maximum Gasteiger partial charge on any atom is 0.160 e. The molecular weight excluding hydrogens is 226 g/mol. The van der Waals surface area contributed by atoms with Crippen molar-refractivity contribution in [2.24, 2.45) is 0 Å². The van der Waals surface area contributed by atoms with Crippen molar-refractivity contribution in [2.45, 2.75) is 50.7 Å². The van der Waals surface area contributed by atoms with Gasteiger partial charge in [-0.25, -0.2) is 9.97 Å². The van der Waals surface area contributed by atoms with Crippen LogP contribution in [-0.4, -0.2) is 24.1 Å². The van der Waals surface area contributed by atoms with Gasteiger partial charge in [0.15, 0.2) is 5.82 Å². The predicted molar refractivity (Wildman–Crippen MR) is 71.2 cm³/mol. The molecule has 0 aromatic carbocycles. The Morgan fingerprint density at radius 3 is 2.28 bits per heavy atom. The summed E-state index contributed by atoms with van der Waals surface area (Å²) in [5, 5.41) is 3.11. The molecule has 2 rings (SSSR count). The minimum Gasteiger partial charge on any atom is -0.370 e. The molecule has 0 saturated heterocycles. The average Bonchev–Trinajstić information content (AvgIpc) is 2.66. The molecule has 1 saturated carbocycles. The standard InChI is InChI=1S/C14H23N3O/c1-15-9-12-10-16-13(17-11-12)14(18-2)7-5-3-4-6-8-14/h10-11,15H,3-9H2,1-2H3. The lowest BCUT2D eigenvalue weighted by Crippen LogP contribution is -2.30. The Morgan fingerprint density at radius 1 is 1.17 bits per heavy atom. The van der Waals surface area contributed by atoms with Gasteiger partial charge in [-0.05, 0) is 19.9 Å². The Morgan fingerprint density at radius 2 is 1.78 bits per heavy atom. The fraction of sp³-hybridized carbons (Fsp3) is 0.714. The number of hydrogen-bond acceptors (Lipinski definition) is 4. The van der Waals surface area contributed by atoms with Crippen LogP contribution in [0.2, 0.25) is 0 Å². The smallest absolute Gasteiger partial charge is 0.160 e. The molecular formula is C14H23N3O. The van der Waals surface area contributed by atoms with Gasteiger partial charge in [0.2, 0.25) is 0 Å². The van der Waals surface area contributed by atoms with Gasteiger partial charge in [-0.1, -0.05) is 25.7 Å². The van der Waals surface area contributed by atoms with Crippen LogP contribution in [0, 0.1) is 0 Å². The van der Waals surface area contributed by atoms with Crippen molar-refractivity contribution in [1.29, 1.82) is 0 Å². The number of hydrogen-bond donors (Lipinski definition) is 1. The van der Waals surface area contributed by atoms with Crippen LogP contribution in [0.3, 0.4) is 0 Å². The first-order valence-electron chi connectivity index (χ1n) is 6.82. The third-order valence-electron chi connectivity index (χ3n) is 3.80. The third-order valence-corrected chi connectivity index (χ3v) is 3.80. The summed E-state index contributed by atoms with van der Waals surface area (Å²) in [4.78, 5) is 9.06. The molecule has 100 valence electrons. The summed E-state index contributed by atoms with van der Waals surface area (Å²) >= 11 is 0. The van der Waals surface area contributed by atoms with Gasteiger partial charge in [0, 0.05) is 31.6 Å². The number of nitrogens with one attached hydrogen (secondary N) is 1. The van der Waals surface area contributed by atoms with E-state index in [1.54, 1.807) is 7.11 Å². The van der Waals surface area contributed by atoms with E-state index in [1.165, 1.54) is 25.7 Å². The lowest BCUT2D eigenvalue weighted by molar-refractivity contribution is -0.0352. The summed E-state index contributed by atoms with van der Waals surface area (Å²) < 4.78 is 5.80. The number of rotatable bonds is 4. The highest BCUT2D eigenvalue weighted by atomic mass is 16.5. The summed E-state index contributed by atoms with van der Waals surface area (Å²) in [6.07, 6.45) is 10.9. The molecule has 1 aliphatic rings. The first-order chi connectivity index (χ1) is 8.80. The molecule has 1 aromatic rings. The second-order valence-electron chi connectivity index (χ2n) is 5.06. The molecule has 0 amide bonds. The van der Waals surface area contributed by atoms with Crippen molar-refractivity contribution in [3.63, 3.8) is 0 Å². The minimum atomic E-state index is -0.255. The van der Waals surface area contributed by atoms with Crippen molar-refractivity contribution in [1.82, 2.24) is 15.3 Å². The van der Waals surface area contributed by atoms with Gasteiger partial charge < -0.3 is 10.1 Å². The molecule has 0 radical (unpaired) electrons. The van der Waals surface area contributed by atoms with E-state index >= 15 is 0 Å². The lowest BCUT2D eigenvalue weighted by Gasteiger charge is -2.29. The Kier molecular flexibility index (Phi) is 4.66. The number of methoxy groups -OCH3 is 1. The maximum absolute atomic E-state index is 5.80.